The smallest absolute Gasteiger partial charge is 0.0580 e. The Morgan fingerprint density at radius 3 is 2.75 bits per heavy atom. The maximum atomic E-state index is 9.99. The Balaban J connectivity index is 1.80. The van der Waals surface area contributed by atoms with Crippen molar-refractivity contribution in [3.05, 3.63) is 0 Å². The molecule has 4 unspecified atom stereocenters. The van der Waals surface area contributed by atoms with Crippen molar-refractivity contribution in [3.63, 3.8) is 0 Å². The molecule has 3 heteroatoms. The van der Waals surface area contributed by atoms with Gasteiger partial charge in [0.2, 0.25) is 0 Å². The van der Waals surface area contributed by atoms with E-state index in [0.29, 0.717) is 18.4 Å². The molecule has 1 saturated carbocycles. The molecule has 16 heavy (non-hydrogen) atoms. The third-order valence-electron chi connectivity index (χ3n) is 4.33. The van der Waals surface area contributed by atoms with Crippen LogP contribution in [0.1, 0.15) is 32.6 Å². The predicted octanol–water partition coefficient (Wildman–Crippen LogP) is 1.10. The van der Waals surface area contributed by atoms with Gasteiger partial charge in [0.1, 0.15) is 0 Å². The number of nitrogens with zero attached hydrogens (tertiary/aromatic N) is 1. The lowest BCUT2D eigenvalue weighted by atomic mass is 9.80. The van der Waals surface area contributed by atoms with Crippen molar-refractivity contribution in [2.45, 2.75) is 38.7 Å². The summed E-state index contributed by atoms with van der Waals surface area (Å²) in [4.78, 5) is 2.42. The van der Waals surface area contributed by atoms with E-state index < -0.39 is 0 Å². The van der Waals surface area contributed by atoms with E-state index in [0.717, 1.165) is 38.4 Å². The van der Waals surface area contributed by atoms with Crippen molar-refractivity contribution < 1.29 is 10.2 Å². The van der Waals surface area contributed by atoms with Gasteiger partial charge in [-0.2, -0.15) is 0 Å². The molecule has 2 rings (SSSR count). The Morgan fingerprint density at radius 1 is 1.25 bits per heavy atom. The minimum atomic E-state index is -0.0932. The number of rotatable bonds is 3. The third-order valence-corrected chi connectivity index (χ3v) is 4.33. The highest BCUT2D eigenvalue weighted by Crippen LogP contribution is 2.30. The van der Waals surface area contributed by atoms with Crippen LogP contribution in [0, 0.1) is 17.8 Å². The number of hydrogen-bond donors (Lipinski definition) is 2. The van der Waals surface area contributed by atoms with E-state index in [2.05, 4.69) is 11.8 Å². The SMILES string of the molecule is CC1CCC(O)C(CN2CCC(CO)C2)C1. The monoisotopic (exact) mass is 227 g/mol. The van der Waals surface area contributed by atoms with Crippen molar-refractivity contribution in [2.24, 2.45) is 17.8 Å². The van der Waals surface area contributed by atoms with Gasteiger partial charge in [0.25, 0.3) is 0 Å². The normalized spacial score (nSPS) is 41.4. The second-order valence-corrected chi connectivity index (χ2v) is 5.84. The Morgan fingerprint density at radius 2 is 2.06 bits per heavy atom. The quantitative estimate of drug-likeness (QED) is 0.759. The summed E-state index contributed by atoms with van der Waals surface area (Å²) in [6.45, 7) is 5.76. The van der Waals surface area contributed by atoms with Crippen molar-refractivity contribution in [2.75, 3.05) is 26.2 Å². The molecule has 0 spiro atoms. The van der Waals surface area contributed by atoms with Gasteiger partial charge in [-0.15, -0.1) is 0 Å². The zero-order valence-corrected chi connectivity index (χ0v) is 10.3. The van der Waals surface area contributed by atoms with E-state index >= 15 is 0 Å². The van der Waals surface area contributed by atoms with Gasteiger partial charge in [-0.05, 0) is 50.0 Å². The maximum Gasteiger partial charge on any atom is 0.0580 e. The van der Waals surface area contributed by atoms with Gasteiger partial charge in [0.05, 0.1) is 6.10 Å². The van der Waals surface area contributed by atoms with Crippen molar-refractivity contribution in [1.82, 2.24) is 4.90 Å². The molecule has 1 aliphatic heterocycles. The largest absolute Gasteiger partial charge is 0.396 e. The second kappa shape index (κ2) is 5.48. The maximum absolute atomic E-state index is 9.99. The molecule has 2 fully saturated rings. The van der Waals surface area contributed by atoms with Gasteiger partial charge < -0.3 is 15.1 Å². The summed E-state index contributed by atoms with van der Waals surface area (Å²) < 4.78 is 0. The molecule has 94 valence electrons. The molecule has 0 bridgehead atoms. The van der Waals surface area contributed by atoms with Crippen LogP contribution in [0.25, 0.3) is 0 Å². The van der Waals surface area contributed by atoms with E-state index in [1.165, 1.54) is 12.8 Å². The van der Waals surface area contributed by atoms with Gasteiger partial charge >= 0.3 is 0 Å². The average molecular weight is 227 g/mol. The van der Waals surface area contributed by atoms with Gasteiger partial charge in [0.15, 0.2) is 0 Å². The first kappa shape index (κ1) is 12.3. The molecule has 0 radical (unpaired) electrons. The summed E-state index contributed by atoms with van der Waals surface area (Å²) in [7, 11) is 0. The molecule has 1 saturated heterocycles. The Hall–Kier alpha value is -0.120. The van der Waals surface area contributed by atoms with Crippen molar-refractivity contribution >= 4 is 0 Å². The summed E-state index contributed by atoms with van der Waals surface area (Å²) in [6, 6.07) is 0. The average Bonchev–Trinajstić information content (AvgIpc) is 2.71. The third kappa shape index (κ3) is 2.96. The summed E-state index contributed by atoms with van der Waals surface area (Å²) >= 11 is 0. The molecular formula is C13H25NO2. The molecule has 0 aromatic carbocycles. The Bertz CT molecular complexity index is 222. The zero-order chi connectivity index (χ0) is 11.5. The molecule has 2 aliphatic rings. The molecule has 0 aromatic heterocycles. The molecule has 1 aliphatic carbocycles. The highest BCUT2D eigenvalue weighted by molar-refractivity contribution is 4.83. The fourth-order valence-electron chi connectivity index (χ4n) is 3.24. The molecular weight excluding hydrogens is 202 g/mol. The standard InChI is InChI=1S/C13H25NO2/c1-10-2-3-13(16)12(6-10)8-14-5-4-11(7-14)9-15/h10-13,15-16H,2-9H2,1H3. The number of likely N-dealkylation sites (tertiary alicyclic amines) is 1. The summed E-state index contributed by atoms with van der Waals surface area (Å²) in [5.41, 5.74) is 0. The van der Waals surface area contributed by atoms with Crippen LogP contribution in [0.5, 0.6) is 0 Å². The van der Waals surface area contributed by atoms with E-state index in [-0.39, 0.29) is 6.10 Å². The van der Waals surface area contributed by atoms with Crippen molar-refractivity contribution in [3.8, 4) is 0 Å². The molecule has 0 amide bonds. The fourth-order valence-corrected chi connectivity index (χ4v) is 3.24. The second-order valence-electron chi connectivity index (χ2n) is 5.84. The summed E-state index contributed by atoms with van der Waals surface area (Å²) in [6.07, 6.45) is 4.35. The van der Waals surface area contributed by atoms with Gasteiger partial charge in [-0.25, -0.2) is 0 Å². The lowest BCUT2D eigenvalue weighted by Gasteiger charge is -2.34. The first-order valence-corrected chi connectivity index (χ1v) is 6.70. The van der Waals surface area contributed by atoms with Gasteiger partial charge in [-0.3, -0.25) is 0 Å². The number of aliphatic hydroxyl groups excluding tert-OH is 2. The Kier molecular flexibility index (Phi) is 4.22. The molecule has 0 aromatic rings. The topological polar surface area (TPSA) is 43.7 Å². The van der Waals surface area contributed by atoms with E-state index in [4.69, 9.17) is 5.11 Å². The lowest BCUT2D eigenvalue weighted by molar-refractivity contribution is 0.0336. The lowest BCUT2D eigenvalue weighted by Crippen LogP contribution is -2.37. The van der Waals surface area contributed by atoms with Crippen LogP contribution in [0.4, 0.5) is 0 Å². The van der Waals surface area contributed by atoms with Crippen LogP contribution in [0.15, 0.2) is 0 Å². The van der Waals surface area contributed by atoms with Crippen LogP contribution in [-0.2, 0) is 0 Å². The molecule has 3 nitrogen and oxygen atoms in total. The van der Waals surface area contributed by atoms with Crippen LogP contribution in [-0.4, -0.2) is 47.5 Å². The fraction of sp³-hybridized carbons (Fsp3) is 1.00. The van der Waals surface area contributed by atoms with E-state index in [9.17, 15) is 5.11 Å². The Labute approximate surface area is 98.5 Å². The van der Waals surface area contributed by atoms with Crippen LogP contribution in [0.3, 0.4) is 0 Å². The summed E-state index contributed by atoms with van der Waals surface area (Å²) in [5, 5.41) is 19.1. The van der Waals surface area contributed by atoms with Gasteiger partial charge in [-0.1, -0.05) is 6.92 Å². The number of aliphatic hydroxyl groups is 2. The van der Waals surface area contributed by atoms with E-state index in [1.807, 2.05) is 0 Å². The summed E-state index contributed by atoms with van der Waals surface area (Å²) in [5.74, 6) is 1.70. The van der Waals surface area contributed by atoms with Crippen LogP contribution in [0.2, 0.25) is 0 Å². The van der Waals surface area contributed by atoms with Crippen LogP contribution >= 0.6 is 0 Å². The predicted molar refractivity (Wildman–Crippen MR) is 64.1 cm³/mol. The molecule has 2 N–H and O–H groups in total. The molecule has 4 atom stereocenters. The first-order chi connectivity index (χ1) is 7.69. The number of hydrogen-bond acceptors (Lipinski definition) is 3. The van der Waals surface area contributed by atoms with Gasteiger partial charge in [0, 0.05) is 19.7 Å². The highest BCUT2D eigenvalue weighted by atomic mass is 16.3. The van der Waals surface area contributed by atoms with Crippen LogP contribution < -0.4 is 0 Å². The zero-order valence-electron chi connectivity index (χ0n) is 10.3. The molecule has 1 heterocycles. The minimum Gasteiger partial charge on any atom is -0.396 e. The first-order valence-electron chi connectivity index (χ1n) is 6.70. The highest BCUT2D eigenvalue weighted by Gasteiger charge is 2.31. The van der Waals surface area contributed by atoms with Crippen molar-refractivity contribution in [1.29, 1.82) is 0 Å². The minimum absolute atomic E-state index is 0.0932. The van der Waals surface area contributed by atoms with E-state index in [1.54, 1.807) is 0 Å².